The summed E-state index contributed by atoms with van der Waals surface area (Å²) in [6.45, 7) is 4.61. The lowest BCUT2D eigenvalue weighted by Crippen LogP contribution is -2.27. The maximum atomic E-state index is 13.1. The molecule has 0 radical (unpaired) electrons. The molecule has 0 aliphatic heterocycles. The number of thioether (sulfide) groups is 1. The number of amides is 1. The van der Waals surface area contributed by atoms with E-state index in [2.05, 4.69) is 22.2 Å². The first-order valence-corrected chi connectivity index (χ1v) is 9.94. The van der Waals surface area contributed by atoms with Crippen molar-refractivity contribution in [1.82, 2.24) is 19.9 Å². The zero-order valence-electron chi connectivity index (χ0n) is 15.4. The summed E-state index contributed by atoms with van der Waals surface area (Å²) in [5.74, 6) is 0.632. The SMILES string of the molecule is CCCCNC(=O)CSc1nc2ccccc2c(=O)n1-c1cccc(C)n1. The molecule has 0 saturated heterocycles. The summed E-state index contributed by atoms with van der Waals surface area (Å²) in [6, 6.07) is 12.7. The summed E-state index contributed by atoms with van der Waals surface area (Å²) in [4.78, 5) is 34.2. The summed E-state index contributed by atoms with van der Waals surface area (Å²) in [5.41, 5.74) is 1.23. The standard InChI is InChI=1S/C20H22N4O2S/c1-3-4-12-21-18(25)13-27-20-23-16-10-6-5-9-15(16)19(26)24(20)17-11-7-8-14(2)22-17/h5-11H,3-4,12-13H2,1-2H3,(H,21,25). The van der Waals surface area contributed by atoms with Gasteiger partial charge in [0.05, 0.1) is 16.7 Å². The molecule has 0 atom stereocenters. The molecule has 0 spiro atoms. The number of hydrogen-bond acceptors (Lipinski definition) is 5. The number of nitrogens with zero attached hydrogens (tertiary/aromatic N) is 3. The van der Waals surface area contributed by atoms with Crippen LogP contribution >= 0.6 is 11.8 Å². The highest BCUT2D eigenvalue weighted by molar-refractivity contribution is 7.99. The van der Waals surface area contributed by atoms with E-state index in [1.807, 2.05) is 31.2 Å². The average molecular weight is 382 g/mol. The van der Waals surface area contributed by atoms with Crippen molar-refractivity contribution in [2.24, 2.45) is 0 Å². The van der Waals surface area contributed by atoms with Crippen molar-refractivity contribution in [3.63, 3.8) is 0 Å². The van der Waals surface area contributed by atoms with Crippen LogP contribution in [0.5, 0.6) is 0 Å². The van der Waals surface area contributed by atoms with Crippen molar-refractivity contribution in [1.29, 1.82) is 0 Å². The monoisotopic (exact) mass is 382 g/mol. The first-order chi connectivity index (χ1) is 13.1. The summed E-state index contributed by atoms with van der Waals surface area (Å²) in [5, 5.41) is 3.87. The van der Waals surface area contributed by atoms with Gasteiger partial charge in [-0.3, -0.25) is 9.59 Å². The molecule has 0 bridgehead atoms. The van der Waals surface area contributed by atoms with E-state index in [1.165, 1.54) is 16.3 Å². The number of rotatable bonds is 7. The Morgan fingerprint density at radius 1 is 1.15 bits per heavy atom. The number of pyridine rings is 1. The number of para-hydroxylation sites is 1. The van der Waals surface area contributed by atoms with Crippen LogP contribution in [0.4, 0.5) is 0 Å². The van der Waals surface area contributed by atoms with Gasteiger partial charge in [-0.25, -0.2) is 14.5 Å². The molecule has 0 fully saturated rings. The number of benzene rings is 1. The van der Waals surface area contributed by atoms with E-state index in [-0.39, 0.29) is 17.2 Å². The Bertz CT molecular complexity index is 1020. The molecular formula is C20H22N4O2S. The van der Waals surface area contributed by atoms with E-state index in [0.717, 1.165) is 18.5 Å². The number of nitrogens with one attached hydrogen (secondary N) is 1. The molecule has 0 aliphatic carbocycles. The van der Waals surface area contributed by atoms with Crippen LogP contribution in [0.25, 0.3) is 16.7 Å². The minimum Gasteiger partial charge on any atom is -0.355 e. The van der Waals surface area contributed by atoms with Crippen molar-refractivity contribution in [2.45, 2.75) is 31.8 Å². The van der Waals surface area contributed by atoms with Gasteiger partial charge in [-0.1, -0.05) is 43.3 Å². The molecule has 140 valence electrons. The number of aromatic nitrogens is 3. The van der Waals surface area contributed by atoms with Crippen molar-refractivity contribution < 1.29 is 4.79 Å². The number of hydrogen-bond donors (Lipinski definition) is 1. The predicted octanol–water partition coefficient (Wildman–Crippen LogP) is 3.10. The molecule has 0 aliphatic rings. The smallest absolute Gasteiger partial charge is 0.267 e. The van der Waals surface area contributed by atoms with Gasteiger partial charge >= 0.3 is 0 Å². The van der Waals surface area contributed by atoms with Crippen LogP contribution in [0.1, 0.15) is 25.5 Å². The number of carbonyl (C=O) groups is 1. The van der Waals surface area contributed by atoms with Crippen LogP contribution in [0.2, 0.25) is 0 Å². The van der Waals surface area contributed by atoms with Gasteiger partial charge in [0.15, 0.2) is 5.16 Å². The third-order valence-electron chi connectivity index (χ3n) is 4.03. The average Bonchev–Trinajstić information content (AvgIpc) is 2.66. The van der Waals surface area contributed by atoms with Gasteiger partial charge < -0.3 is 5.32 Å². The number of fused-ring (bicyclic) bond motifs is 1. The third kappa shape index (κ3) is 4.54. The lowest BCUT2D eigenvalue weighted by Gasteiger charge is -2.13. The summed E-state index contributed by atoms with van der Waals surface area (Å²) >= 11 is 1.24. The minimum absolute atomic E-state index is 0.0698. The fourth-order valence-electron chi connectivity index (χ4n) is 2.65. The molecule has 1 N–H and O–H groups in total. The van der Waals surface area contributed by atoms with Crippen molar-refractivity contribution in [2.75, 3.05) is 12.3 Å². The zero-order chi connectivity index (χ0) is 19.2. The minimum atomic E-state index is -0.187. The molecule has 6 nitrogen and oxygen atoms in total. The number of unbranched alkanes of at least 4 members (excludes halogenated alkanes) is 1. The second kappa shape index (κ2) is 8.81. The summed E-state index contributed by atoms with van der Waals surface area (Å²) < 4.78 is 1.49. The van der Waals surface area contributed by atoms with Gasteiger partial charge in [-0.05, 0) is 37.6 Å². The van der Waals surface area contributed by atoms with E-state index in [1.54, 1.807) is 18.2 Å². The summed E-state index contributed by atoms with van der Waals surface area (Å²) in [7, 11) is 0. The quantitative estimate of drug-likeness (QED) is 0.386. The molecule has 7 heteroatoms. The van der Waals surface area contributed by atoms with E-state index in [9.17, 15) is 9.59 Å². The van der Waals surface area contributed by atoms with E-state index < -0.39 is 0 Å². The fraction of sp³-hybridized carbons (Fsp3) is 0.300. The van der Waals surface area contributed by atoms with Crippen LogP contribution in [-0.2, 0) is 4.79 Å². The molecule has 2 aromatic heterocycles. The molecular weight excluding hydrogens is 360 g/mol. The predicted molar refractivity (Wildman–Crippen MR) is 109 cm³/mol. The molecule has 2 heterocycles. The van der Waals surface area contributed by atoms with Gasteiger partial charge in [-0.2, -0.15) is 0 Å². The van der Waals surface area contributed by atoms with E-state index in [0.29, 0.717) is 28.4 Å². The van der Waals surface area contributed by atoms with Crippen LogP contribution in [0, 0.1) is 6.92 Å². The Kier molecular flexibility index (Phi) is 6.24. The lowest BCUT2D eigenvalue weighted by molar-refractivity contribution is -0.118. The van der Waals surface area contributed by atoms with Gasteiger partial charge in [0.1, 0.15) is 5.82 Å². The topological polar surface area (TPSA) is 76.9 Å². The number of aryl methyl sites for hydroxylation is 1. The largest absolute Gasteiger partial charge is 0.355 e. The van der Waals surface area contributed by atoms with Crippen LogP contribution < -0.4 is 10.9 Å². The van der Waals surface area contributed by atoms with Gasteiger partial charge in [-0.15, -0.1) is 0 Å². The van der Waals surface area contributed by atoms with E-state index in [4.69, 9.17) is 0 Å². The normalized spacial score (nSPS) is 10.9. The van der Waals surface area contributed by atoms with E-state index >= 15 is 0 Å². The van der Waals surface area contributed by atoms with Gasteiger partial charge in [0, 0.05) is 12.2 Å². The molecule has 0 unspecified atom stereocenters. The van der Waals surface area contributed by atoms with Crippen LogP contribution in [0.15, 0.2) is 52.4 Å². The Morgan fingerprint density at radius 2 is 1.96 bits per heavy atom. The highest BCUT2D eigenvalue weighted by Crippen LogP contribution is 2.20. The highest BCUT2D eigenvalue weighted by atomic mass is 32.2. The highest BCUT2D eigenvalue weighted by Gasteiger charge is 2.15. The molecule has 3 rings (SSSR count). The molecule has 0 saturated carbocycles. The van der Waals surface area contributed by atoms with Gasteiger partial charge in [0.25, 0.3) is 5.56 Å². The maximum absolute atomic E-state index is 13.1. The van der Waals surface area contributed by atoms with Gasteiger partial charge in [0.2, 0.25) is 5.91 Å². The number of carbonyl (C=O) groups excluding carboxylic acids is 1. The summed E-state index contributed by atoms with van der Waals surface area (Å²) in [6.07, 6.45) is 1.97. The molecule has 3 aromatic rings. The molecule has 1 aromatic carbocycles. The van der Waals surface area contributed by atoms with Crippen molar-refractivity contribution in [3.8, 4) is 5.82 Å². The Hall–Kier alpha value is -2.67. The Labute approximate surface area is 162 Å². The van der Waals surface area contributed by atoms with Crippen LogP contribution in [-0.4, -0.2) is 32.7 Å². The van der Waals surface area contributed by atoms with Crippen molar-refractivity contribution >= 4 is 28.6 Å². The van der Waals surface area contributed by atoms with Crippen LogP contribution in [0.3, 0.4) is 0 Å². The lowest BCUT2D eigenvalue weighted by atomic mass is 10.2. The first-order valence-electron chi connectivity index (χ1n) is 8.95. The second-order valence-electron chi connectivity index (χ2n) is 6.18. The Balaban J connectivity index is 1.98. The third-order valence-corrected chi connectivity index (χ3v) is 4.97. The molecule has 1 amide bonds. The Morgan fingerprint density at radius 3 is 2.74 bits per heavy atom. The molecule has 27 heavy (non-hydrogen) atoms. The zero-order valence-corrected chi connectivity index (χ0v) is 16.3. The van der Waals surface area contributed by atoms with Crippen molar-refractivity contribution in [3.05, 3.63) is 58.5 Å². The first kappa shape index (κ1) is 19.1. The fourth-order valence-corrected chi connectivity index (χ4v) is 3.48. The second-order valence-corrected chi connectivity index (χ2v) is 7.12. The maximum Gasteiger partial charge on any atom is 0.267 e.